The Labute approximate surface area is 152 Å². The normalized spacial score (nSPS) is 11.0. The van der Waals surface area contributed by atoms with E-state index in [9.17, 15) is 4.79 Å². The summed E-state index contributed by atoms with van der Waals surface area (Å²) in [4.78, 5) is 12.0. The second-order valence-electron chi connectivity index (χ2n) is 5.35. The molecule has 0 atom stereocenters. The van der Waals surface area contributed by atoms with Gasteiger partial charge in [0.1, 0.15) is 11.6 Å². The molecular formula is C18H24BrN3O2. The van der Waals surface area contributed by atoms with Crippen molar-refractivity contribution in [3.63, 3.8) is 0 Å². The fourth-order valence-electron chi connectivity index (χ4n) is 1.91. The van der Waals surface area contributed by atoms with Gasteiger partial charge in [-0.3, -0.25) is 4.79 Å². The summed E-state index contributed by atoms with van der Waals surface area (Å²) < 4.78 is 6.40. The van der Waals surface area contributed by atoms with Crippen molar-refractivity contribution in [2.75, 3.05) is 25.1 Å². The number of benzene rings is 1. The summed E-state index contributed by atoms with van der Waals surface area (Å²) in [6.45, 7) is 5.92. The molecule has 0 bridgehead atoms. The van der Waals surface area contributed by atoms with Crippen LogP contribution in [0.1, 0.15) is 31.7 Å². The molecule has 0 saturated heterocycles. The highest BCUT2D eigenvalue weighted by molar-refractivity contribution is 9.10. The van der Waals surface area contributed by atoms with Gasteiger partial charge in [-0.25, -0.2) is 0 Å². The molecule has 0 aliphatic carbocycles. The minimum Gasteiger partial charge on any atom is -0.381 e. The number of ether oxygens (including phenoxy) is 1. The van der Waals surface area contributed by atoms with Gasteiger partial charge in [0, 0.05) is 36.1 Å². The van der Waals surface area contributed by atoms with E-state index in [2.05, 4.69) is 33.5 Å². The third kappa shape index (κ3) is 7.62. The molecule has 2 N–H and O–H groups in total. The molecule has 0 fully saturated rings. The van der Waals surface area contributed by atoms with E-state index >= 15 is 0 Å². The van der Waals surface area contributed by atoms with Crippen molar-refractivity contribution >= 4 is 27.5 Å². The van der Waals surface area contributed by atoms with Crippen LogP contribution in [0.5, 0.6) is 0 Å². The summed E-state index contributed by atoms with van der Waals surface area (Å²) >= 11 is 3.40. The van der Waals surface area contributed by atoms with Crippen LogP contribution in [0.25, 0.3) is 0 Å². The first kappa shape index (κ1) is 20.2. The molecule has 0 saturated carbocycles. The number of carbonyl (C=O) groups excluding carboxylic acids is 1. The average Bonchev–Trinajstić information content (AvgIpc) is 2.56. The molecule has 0 heterocycles. The Bertz CT molecular complexity index is 609. The number of nitrogens with zero attached hydrogens (tertiary/aromatic N) is 1. The van der Waals surface area contributed by atoms with E-state index in [-0.39, 0.29) is 11.5 Å². The molecule has 1 amide bonds. The van der Waals surface area contributed by atoms with Crippen molar-refractivity contribution in [3.05, 3.63) is 40.0 Å². The van der Waals surface area contributed by atoms with E-state index in [1.54, 1.807) is 0 Å². The lowest BCUT2D eigenvalue weighted by atomic mass is 10.2. The van der Waals surface area contributed by atoms with Crippen LogP contribution in [0.2, 0.25) is 0 Å². The molecule has 0 aromatic heterocycles. The Hall–Kier alpha value is -1.84. The molecule has 1 aromatic rings. The minimum atomic E-state index is -0.381. The van der Waals surface area contributed by atoms with Gasteiger partial charge in [-0.05, 0) is 43.5 Å². The highest BCUT2D eigenvalue weighted by Crippen LogP contribution is 2.20. The van der Waals surface area contributed by atoms with E-state index in [0.29, 0.717) is 13.2 Å². The molecule has 24 heavy (non-hydrogen) atoms. The number of aryl methyl sites for hydroxylation is 1. The SMILES string of the molecule is CCCCOCCCNC(=O)/C(C#N)=C\Nc1ccc(Br)cc1C. The van der Waals surface area contributed by atoms with E-state index in [4.69, 9.17) is 10.00 Å². The van der Waals surface area contributed by atoms with Gasteiger partial charge in [-0.15, -0.1) is 0 Å². The number of amides is 1. The van der Waals surface area contributed by atoms with Crippen molar-refractivity contribution in [1.82, 2.24) is 5.32 Å². The van der Waals surface area contributed by atoms with E-state index in [0.717, 1.165) is 41.6 Å². The maximum absolute atomic E-state index is 12.0. The van der Waals surface area contributed by atoms with Crippen LogP contribution in [-0.2, 0) is 9.53 Å². The topological polar surface area (TPSA) is 74.1 Å². The zero-order valence-corrected chi connectivity index (χ0v) is 15.8. The number of hydrogen-bond donors (Lipinski definition) is 2. The van der Waals surface area contributed by atoms with Gasteiger partial charge in [-0.2, -0.15) is 5.26 Å². The minimum absolute atomic E-state index is 0.0456. The van der Waals surface area contributed by atoms with Crippen LogP contribution >= 0.6 is 15.9 Å². The van der Waals surface area contributed by atoms with Gasteiger partial charge >= 0.3 is 0 Å². The van der Waals surface area contributed by atoms with Crippen molar-refractivity contribution in [1.29, 1.82) is 5.26 Å². The van der Waals surface area contributed by atoms with Crippen molar-refractivity contribution < 1.29 is 9.53 Å². The number of nitriles is 1. The molecule has 1 aromatic carbocycles. The fourth-order valence-corrected chi connectivity index (χ4v) is 2.38. The molecule has 0 aliphatic heterocycles. The van der Waals surface area contributed by atoms with Gasteiger partial charge in [0.2, 0.25) is 0 Å². The number of nitrogens with one attached hydrogen (secondary N) is 2. The average molecular weight is 394 g/mol. The lowest BCUT2D eigenvalue weighted by Crippen LogP contribution is -2.26. The molecule has 130 valence electrons. The Morgan fingerprint density at radius 2 is 2.12 bits per heavy atom. The quantitative estimate of drug-likeness (QED) is 0.359. The summed E-state index contributed by atoms with van der Waals surface area (Å²) in [5.41, 5.74) is 1.91. The highest BCUT2D eigenvalue weighted by Gasteiger charge is 2.08. The first-order chi connectivity index (χ1) is 11.6. The molecule has 5 nitrogen and oxygen atoms in total. The van der Waals surface area contributed by atoms with Crippen LogP contribution in [0.15, 0.2) is 34.4 Å². The molecular weight excluding hydrogens is 370 g/mol. The van der Waals surface area contributed by atoms with Crippen molar-refractivity contribution in [3.8, 4) is 6.07 Å². The summed E-state index contributed by atoms with van der Waals surface area (Å²) in [5.74, 6) is -0.381. The van der Waals surface area contributed by atoms with Crippen LogP contribution < -0.4 is 10.6 Å². The fraction of sp³-hybridized carbons (Fsp3) is 0.444. The maximum atomic E-state index is 12.0. The van der Waals surface area contributed by atoms with Crippen molar-refractivity contribution in [2.24, 2.45) is 0 Å². The molecule has 0 spiro atoms. The van der Waals surface area contributed by atoms with Gasteiger partial charge < -0.3 is 15.4 Å². The lowest BCUT2D eigenvalue weighted by Gasteiger charge is -2.08. The second kappa shape index (κ2) is 11.7. The lowest BCUT2D eigenvalue weighted by molar-refractivity contribution is -0.117. The monoisotopic (exact) mass is 393 g/mol. The zero-order valence-electron chi connectivity index (χ0n) is 14.2. The highest BCUT2D eigenvalue weighted by atomic mass is 79.9. The van der Waals surface area contributed by atoms with E-state index in [1.807, 2.05) is 31.2 Å². The predicted octanol–water partition coefficient (Wildman–Crippen LogP) is 3.90. The number of anilines is 1. The molecule has 1 rings (SSSR count). The van der Waals surface area contributed by atoms with Crippen molar-refractivity contribution in [2.45, 2.75) is 33.1 Å². The summed E-state index contributed by atoms with van der Waals surface area (Å²) in [6, 6.07) is 7.66. The first-order valence-corrected chi connectivity index (χ1v) is 8.86. The maximum Gasteiger partial charge on any atom is 0.263 e. The van der Waals surface area contributed by atoms with Crippen LogP contribution in [-0.4, -0.2) is 25.7 Å². The van der Waals surface area contributed by atoms with E-state index < -0.39 is 0 Å². The third-order valence-electron chi connectivity index (χ3n) is 3.32. The third-order valence-corrected chi connectivity index (χ3v) is 3.81. The van der Waals surface area contributed by atoms with Gasteiger partial charge in [-0.1, -0.05) is 29.3 Å². The largest absolute Gasteiger partial charge is 0.381 e. The number of rotatable bonds is 10. The number of unbranched alkanes of at least 4 members (excludes halogenated alkanes) is 1. The van der Waals surface area contributed by atoms with E-state index in [1.165, 1.54) is 6.20 Å². The van der Waals surface area contributed by atoms with Gasteiger partial charge in [0.05, 0.1) is 0 Å². The predicted molar refractivity (Wildman–Crippen MR) is 99.6 cm³/mol. The summed E-state index contributed by atoms with van der Waals surface area (Å²) in [7, 11) is 0. The zero-order chi connectivity index (χ0) is 17.8. The summed E-state index contributed by atoms with van der Waals surface area (Å²) in [6.07, 6.45) is 4.32. The standard InChI is InChI=1S/C18H24BrN3O2/c1-3-4-9-24-10-5-8-21-18(23)15(12-20)13-22-17-7-6-16(19)11-14(17)2/h6-7,11,13,22H,3-5,8-10H2,1-2H3,(H,21,23)/b15-13-. The Kier molecular flexibility index (Phi) is 9.81. The Morgan fingerprint density at radius 1 is 1.38 bits per heavy atom. The second-order valence-corrected chi connectivity index (χ2v) is 6.26. The first-order valence-electron chi connectivity index (χ1n) is 8.07. The Balaban J connectivity index is 2.41. The van der Waals surface area contributed by atoms with Gasteiger partial charge in [0.15, 0.2) is 0 Å². The number of carbonyl (C=O) groups is 1. The smallest absolute Gasteiger partial charge is 0.263 e. The molecule has 0 unspecified atom stereocenters. The summed E-state index contributed by atoms with van der Waals surface area (Å²) in [5, 5.41) is 14.9. The number of hydrogen-bond acceptors (Lipinski definition) is 4. The Morgan fingerprint density at radius 3 is 2.79 bits per heavy atom. The molecule has 0 radical (unpaired) electrons. The van der Waals surface area contributed by atoms with Crippen LogP contribution in [0.4, 0.5) is 5.69 Å². The molecule has 0 aliphatic rings. The van der Waals surface area contributed by atoms with Gasteiger partial charge in [0.25, 0.3) is 5.91 Å². The van der Waals surface area contributed by atoms with Crippen LogP contribution in [0.3, 0.4) is 0 Å². The number of halogens is 1. The molecule has 6 heteroatoms. The van der Waals surface area contributed by atoms with Crippen LogP contribution in [0, 0.1) is 18.3 Å².